The Bertz CT molecular complexity index is 1660. The van der Waals surface area contributed by atoms with Crippen molar-refractivity contribution in [3.05, 3.63) is 78.4 Å². The highest BCUT2D eigenvalue weighted by Crippen LogP contribution is 2.51. The number of hydrogen-bond donors (Lipinski definition) is 4. The molecule has 0 saturated carbocycles. The van der Waals surface area contributed by atoms with Crippen molar-refractivity contribution in [2.75, 3.05) is 24.4 Å². The van der Waals surface area contributed by atoms with Crippen molar-refractivity contribution in [3.63, 3.8) is 0 Å². The molecule has 4 rings (SSSR count). The summed E-state index contributed by atoms with van der Waals surface area (Å²) < 4.78 is 6.01. The number of anilines is 2. The first-order valence-electron chi connectivity index (χ1n) is 16.5. The van der Waals surface area contributed by atoms with E-state index < -0.39 is 48.5 Å². The van der Waals surface area contributed by atoms with Crippen LogP contribution in [0.5, 0.6) is 5.75 Å². The molecule has 1 aliphatic rings. The van der Waals surface area contributed by atoms with E-state index in [1.54, 1.807) is 47.4 Å². The van der Waals surface area contributed by atoms with Crippen molar-refractivity contribution in [2.45, 2.75) is 74.2 Å². The van der Waals surface area contributed by atoms with Crippen molar-refractivity contribution >= 4 is 63.7 Å². The van der Waals surface area contributed by atoms with E-state index in [2.05, 4.69) is 10.6 Å². The average molecular weight is 722 g/mol. The molecule has 0 spiro atoms. The number of thioether (sulfide) groups is 2. The summed E-state index contributed by atoms with van der Waals surface area (Å²) in [5, 5.41) is 23.3. The minimum Gasteiger partial charge on any atom is -0.483 e. The van der Waals surface area contributed by atoms with Crippen LogP contribution in [-0.4, -0.2) is 64.5 Å². The van der Waals surface area contributed by atoms with Gasteiger partial charge in [0, 0.05) is 10.6 Å². The van der Waals surface area contributed by atoms with Gasteiger partial charge in [0.2, 0.25) is 16.9 Å². The van der Waals surface area contributed by atoms with Crippen LogP contribution >= 0.6 is 23.5 Å². The maximum Gasteiger partial charge on any atom is 0.328 e. The van der Waals surface area contributed by atoms with Crippen molar-refractivity contribution in [3.8, 4) is 5.75 Å². The molecule has 266 valence electrons. The first-order chi connectivity index (χ1) is 24.1. The molecule has 0 fully saturated rings. The lowest BCUT2D eigenvalue weighted by molar-refractivity contribution is -0.143. The van der Waals surface area contributed by atoms with Gasteiger partial charge in [0.25, 0.3) is 5.91 Å². The minimum atomic E-state index is -1.56. The van der Waals surface area contributed by atoms with Crippen molar-refractivity contribution in [1.82, 2.24) is 10.6 Å². The van der Waals surface area contributed by atoms with E-state index in [1.165, 1.54) is 11.8 Å². The smallest absolute Gasteiger partial charge is 0.328 e. The molecule has 0 radical (unpaired) electrons. The molecular formula is C37H43N3O8S2. The summed E-state index contributed by atoms with van der Waals surface area (Å²) in [4.78, 5) is 69.4. The summed E-state index contributed by atoms with van der Waals surface area (Å²) >= 11 is 2.37. The van der Waals surface area contributed by atoms with Crippen molar-refractivity contribution in [2.24, 2.45) is 5.41 Å². The van der Waals surface area contributed by atoms with Crippen LogP contribution in [0.4, 0.5) is 11.4 Å². The van der Waals surface area contributed by atoms with Gasteiger partial charge in [-0.3, -0.25) is 24.1 Å². The number of aliphatic hydroxyl groups is 1. The Morgan fingerprint density at radius 3 is 2.12 bits per heavy atom. The Morgan fingerprint density at radius 1 is 0.940 bits per heavy atom. The molecule has 3 amide bonds. The number of aliphatic carboxylic acids is 1. The van der Waals surface area contributed by atoms with Crippen LogP contribution in [0, 0.1) is 5.41 Å². The molecule has 1 aliphatic heterocycles. The summed E-state index contributed by atoms with van der Waals surface area (Å²) in [6, 6.07) is 18.2. The molecule has 0 aliphatic carbocycles. The second-order valence-electron chi connectivity index (χ2n) is 11.9. The van der Waals surface area contributed by atoms with E-state index in [1.807, 2.05) is 50.4 Å². The Balaban J connectivity index is 1.67. The number of benzene rings is 3. The third kappa shape index (κ3) is 8.87. The number of amides is 3. The fourth-order valence-electron chi connectivity index (χ4n) is 5.73. The Morgan fingerprint density at radius 2 is 1.56 bits per heavy atom. The third-order valence-electron chi connectivity index (χ3n) is 8.48. The molecular weight excluding hydrogens is 679 g/mol. The highest BCUT2D eigenvalue weighted by atomic mass is 32.2. The quantitative estimate of drug-likeness (QED) is 0.0980. The number of nitrogens with one attached hydrogen (secondary N) is 2. The number of para-hydroxylation sites is 1. The summed E-state index contributed by atoms with van der Waals surface area (Å²) in [6.07, 6.45) is 5.82. The first-order valence-corrected chi connectivity index (χ1v) is 18.6. The van der Waals surface area contributed by atoms with E-state index in [9.17, 15) is 34.2 Å². The Labute approximate surface area is 300 Å². The molecule has 3 aromatic rings. The summed E-state index contributed by atoms with van der Waals surface area (Å²) in [7, 11) is 0. The first kappa shape index (κ1) is 38.5. The lowest BCUT2D eigenvalue weighted by atomic mass is 9.77. The van der Waals surface area contributed by atoms with Crippen molar-refractivity contribution < 1.29 is 38.9 Å². The van der Waals surface area contributed by atoms with E-state index in [4.69, 9.17) is 4.74 Å². The second kappa shape index (κ2) is 18.1. The van der Waals surface area contributed by atoms with Gasteiger partial charge in [-0.25, -0.2) is 4.79 Å². The van der Waals surface area contributed by atoms with Crippen molar-refractivity contribution in [1.29, 1.82) is 0 Å². The highest BCUT2D eigenvalue weighted by molar-refractivity contribution is 8.14. The largest absolute Gasteiger partial charge is 0.483 e. The lowest BCUT2D eigenvalue weighted by Gasteiger charge is -2.34. The molecule has 3 aromatic carbocycles. The predicted octanol–water partition coefficient (Wildman–Crippen LogP) is 5.87. The SMILES string of the molecule is CCCCC1(CCCC)C(=O)Sc2cc(OCC(=O)N[C@@H](C(=O)N[C@H](CO)C(=O)O)c3ccccc3)c(SC)cc2N(c2ccccc2)C1=O. The maximum absolute atomic E-state index is 14.7. The van der Waals surface area contributed by atoms with Gasteiger partial charge in [-0.05, 0) is 60.7 Å². The van der Waals surface area contributed by atoms with Crippen LogP contribution in [0.2, 0.25) is 0 Å². The summed E-state index contributed by atoms with van der Waals surface area (Å²) in [6.45, 7) is 2.73. The fourth-order valence-corrected chi connectivity index (χ4v) is 7.39. The average Bonchev–Trinajstić information content (AvgIpc) is 3.21. The van der Waals surface area contributed by atoms with Gasteiger partial charge in [0.1, 0.15) is 23.2 Å². The monoisotopic (exact) mass is 721 g/mol. The van der Waals surface area contributed by atoms with Crippen LogP contribution in [0.15, 0.2) is 82.6 Å². The van der Waals surface area contributed by atoms with Gasteiger partial charge < -0.3 is 25.6 Å². The number of carbonyl (C=O) groups is 5. The molecule has 0 unspecified atom stereocenters. The molecule has 11 nitrogen and oxygen atoms in total. The molecule has 0 bridgehead atoms. The predicted molar refractivity (Wildman–Crippen MR) is 194 cm³/mol. The van der Waals surface area contributed by atoms with E-state index in [0.717, 1.165) is 37.4 Å². The number of carbonyl (C=O) groups excluding carboxylic acids is 4. The third-order valence-corrected chi connectivity index (χ3v) is 10.4. The van der Waals surface area contributed by atoms with Crippen LogP contribution in [-0.2, 0) is 24.0 Å². The second-order valence-corrected chi connectivity index (χ2v) is 13.8. The number of rotatable bonds is 17. The van der Waals surface area contributed by atoms with Gasteiger partial charge in [-0.15, -0.1) is 11.8 Å². The van der Waals surface area contributed by atoms with Crippen LogP contribution in [0.25, 0.3) is 0 Å². The molecule has 0 aromatic heterocycles. The van der Waals surface area contributed by atoms with E-state index in [-0.39, 0.29) is 11.0 Å². The Hall–Kier alpha value is -4.33. The summed E-state index contributed by atoms with van der Waals surface area (Å²) in [5.74, 6) is -2.86. The normalized spacial score (nSPS) is 15.0. The zero-order chi connectivity index (χ0) is 36.3. The van der Waals surface area contributed by atoms with Gasteiger partial charge in [0.15, 0.2) is 6.61 Å². The number of hydrogen-bond acceptors (Lipinski definition) is 9. The van der Waals surface area contributed by atoms with Gasteiger partial charge >= 0.3 is 5.97 Å². The molecule has 13 heteroatoms. The van der Waals surface area contributed by atoms with Crippen LogP contribution in [0.3, 0.4) is 0 Å². The number of aliphatic hydroxyl groups excluding tert-OH is 1. The number of fused-ring (bicyclic) bond motifs is 1. The molecule has 2 atom stereocenters. The molecule has 50 heavy (non-hydrogen) atoms. The van der Waals surface area contributed by atoms with Crippen LogP contribution < -0.4 is 20.3 Å². The van der Waals surface area contributed by atoms with Gasteiger partial charge in [-0.2, -0.15) is 0 Å². The standard InChI is InChI=1S/C37H43N3O8S2/c1-4-6-18-37(19-7-5-2)35(46)40(25-16-12-9-13-17-25)27-20-30(49-3)28(21-29(27)50-36(37)47)48-23-31(42)39-32(24-14-10-8-11-15-24)33(43)38-26(22-41)34(44)45/h8-17,20-21,26,32,41H,4-7,18-19,22-23H2,1-3H3,(H,38,43)(H,39,42)(H,44,45)/t26-,32-/m1/s1. The number of carboxylic acid groups (broad SMARTS) is 1. The highest BCUT2D eigenvalue weighted by Gasteiger charge is 2.50. The lowest BCUT2D eigenvalue weighted by Crippen LogP contribution is -2.49. The molecule has 4 N–H and O–H groups in total. The topological polar surface area (TPSA) is 162 Å². The zero-order valence-electron chi connectivity index (χ0n) is 28.3. The number of carboxylic acids is 1. The van der Waals surface area contributed by atoms with E-state index >= 15 is 0 Å². The number of nitrogens with zero attached hydrogens (tertiary/aromatic N) is 1. The zero-order valence-corrected chi connectivity index (χ0v) is 30.0. The summed E-state index contributed by atoms with van der Waals surface area (Å²) in [5.41, 5.74) is 0.371. The number of unbranched alkanes of at least 4 members (excludes halogenated alkanes) is 2. The maximum atomic E-state index is 14.7. The number of ether oxygens (including phenoxy) is 1. The molecule has 1 heterocycles. The fraction of sp³-hybridized carbons (Fsp3) is 0.378. The molecule has 0 saturated heterocycles. The Kier molecular flexibility index (Phi) is 13.9. The van der Waals surface area contributed by atoms with Crippen LogP contribution in [0.1, 0.15) is 64.0 Å². The van der Waals surface area contributed by atoms with Gasteiger partial charge in [0.05, 0.1) is 17.2 Å². The minimum absolute atomic E-state index is 0.219. The van der Waals surface area contributed by atoms with Gasteiger partial charge in [-0.1, -0.05) is 88.1 Å². The van der Waals surface area contributed by atoms with E-state index in [0.29, 0.717) is 45.3 Å².